The van der Waals surface area contributed by atoms with Crippen LogP contribution >= 0.6 is 0 Å². The lowest BCUT2D eigenvalue weighted by atomic mass is 10.1. The van der Waals surface area contributed by atoms with E-state index in [1.807, 2.05) is 6.92 Å². The van der Waals surface area contributed by atoms with E-state index in [0.29, 0.717) is 12.5 Å². The van der Waals surface area contributed by atoms with E-state index in [4.69, 9.17) is 0 Å². The molecule has 0 spiro atoms. The molecule has 2 aromatic carbocycles. The third kappa shape index (κ3) is 4.46. The van der Waals surface area contributed by atoms with Crippen LogP contribution in [-0.4, -0.2) is 32.0 Å². The first-order chi connectivity index (χ1) is 14.7. The molecule has 1 fully saturated rings. The van der Waals surface area contributed by atoms with E-state index in [9.17, 15) is 26.8 Å². The Hall–Kier alpha value is -2.81. The Morgan fingerprint density at radius 2 is 1.87 bits per heavy atom. The minimum atomic E-state index is -3.76. The van der Waals surface area contributed by atoms with Crippen molar-refractivity contribution >= 4 is 33.0 Å². The van der Waals surface area contributed by atoms with Crippen LogP contribution in [0.3, 0.4) is 0 Å². The van der Waals surface area contributed by atoms with E-state index < -0.39 is 33.1 Å². The number of nitrogens with zero attached hydrogens (tertiary/aromatic N) is 1. The number of fused-ring (bicyclic) bond motifs is 1. The minimum Gasteiger partial charge on any atom is -0.324 e. The van der Waals surface area contributed by atoms with Crippen LogP contribution in [0.15, 0.2) is 41.3 Å². The lowest BCUT2D eigenvalue weighted by Crippen LogP contribution is -2.36. The first-order valence-corrected chi connectivity index (χ1v) is 11.7. The summed E-state index contributed by atoms with van der Waals surface area (Å²) in [6.07, 6.45) is 1.99. The molecule has 1 aliphatic heterocycles. The van der Waals surface area contributed by atoms with Crippen LogP contribution in [0.4, 0.5) is 20.2 Å². The Bertz CT molecular complexity index is 1160. The fourth-order valence-electron chi connectivity index (χ4n) is 3.81. The number of anilines is 2. The Balaban J connectivity index is 1.44. The molecule has 0 saturated heterocycles. The molecule has 0 unspecified atom stereocenters. The second kappa shape index (κ2) is 8.03. The molecule has 1 N–H and O–H groups in total. The standard InChI is InChI=1S/C22H22F2N2O4S/c1-13-10-15-11-17(5-7-20(15)26(13)22(28)14-2-3-14)31(29,30)9-8-21(27)25-19-6-4-16(23)12-18(19)24/h4-7,11-14H,2-3,8-10H2,1H3,(H,25,27)/t13-/m0/s1. The summed E-state index contributed by atoms with van der Waals surface area (Å²) in [5.74, 6) is -2.70. The largest absolute Gasteiger partial charge is 0.324 e. The van der Waals surface area contributed by atoms with Gasteiger partial charge in [-0.1, -0.05) is 0 Å². The molecule has 6 nitrogen and oxygen atoms in total. The first-order valence-electron chi connectivity index (χ1n) is 10.1. The van der Waals surface area contributed by atoms with E-state index >= 15 is 0 Å². The van der Waals surface area contributed by atoms with Crippen molar-refractivity contribution in [1.29, 1.82) is 0 Å². The van der Waals surface area contributed by atoms with Crippen molar-refractivity contribution in [3.8, 4) is 0 Å². The van der Waals surface area contributed by atoms with Crippen LogP contribution in [0, 0.1) is 17.6 Å². The maximum atomic E-state index is 13.6. The van der Waals surface area contributed by atoms with E-state index in [-0.39, 0.29) is 34.9 Å². The van der Waals surface area contributed by atoms with Gasteiger partial charge >= 0.3 is 0 Å². The smallest absolute Gasteiger partial charge is 0.230 e. The lowest BCUT2D eigenvalue weighted by molar-refractivity contribution is -0.120. The first kappa shape index (κ1) is 21.4. The molecule has 1 atom stereocenters. The van der Waals surface area contributed by atoms with Crippen LogP contribution < -0.4 is 10.2 Å². The fourth-order valence-corrected chi connectivity index (χ4v) is 5.10. The molecule has 1 saturated carbocycles. The molecule has 164 valence electrons. The highest BCUT2D eigenvalue weighted by Crippen LogP contribution is 2.39. The second-order valence-corrected chi connectivity index (χ2v) is 10.2. The molecular weight excluding hydrogens is 426 g/mol. The van der Waals surface area contributed by atoms with Crippen molar-refractivity contribution in [3.63, 3.8) is 0 Å². The van der Waals surface area contributed by atoms with Crippen LogP contribution in [0.25, 0.3) is 0 Å². The van der Waals surface area contributed by atoms with Gasteiger partial charge in [-0.15, -0.1) is 0 Å². The average molecular weight is 448 g/mol. The third-order valence-corrected chi connectivity index (χ3v) is 7.31. The SMILES string of the molecule is C[C@H]1Cc2cc(S(=O)(=O)CCC(=O)Nc3ccc(F)cc3F)ccc2N1C(=O)C1CC1. The van der Waals surface area contributed by atoms with Gasteiger partial charge in [-0.25, -0.2) is 17.2 Å². The Morgan fingerprint density at radius 3 is 2.55 bits per heavy atom. The van der Waals surface area contributed by atoms with Crippen molar-refractivity contribution in [3.05, 3.63) is 53.6 Å². The fraction of sp³-hybridized carbons (Fsp3) is 0.364. The highest BCUT2D eigenvalue weighted by atomic mass is 32.2. The molecule has 31 heavy (non-hydrogen) atoms. The van der Waals surface area contributed by atoms with Crippen LogP contribution in [0.1, 0.15) is 31.7 Å². The molecule has 1 heterocycles. The van der Waals surface area contributed by atoms with Crippen molar-refractivity contribution in [2.45, 2.75) is 43.5 Å². The van der Waals surface area contributed by atoms with Gasteiger partial charge in [0.05, 0.1) is 16.3 Å². The monoisotopic (exact) mass is 448 g/mol. The summed E-state index contributed by atoms with van der Waals surface area (Å²) >= 11 is 0. The van der Waals surface area contributed by atoms with E-state index in [1.54, 1.807) is 17.0 Å². The Labute approximate surface area is 179 Å². The van der Waals surface area contributed by atoms with Crippen LogP contribution in [0.5, 0.6) is 0 Å². The molecule has 9 heteroatoms. The number of carbonyl (C=O) groups excluding carboxylic acids is 2. The summed E-state index contributed by atoms with van der Waals surface area (Å²) < 4.78 is 52.1. The maximum absolute atomic E-state index is 13.6. The number of sulfone groups is 1. The molecule has 2 aromatic rings. The van der Waals surface area contributed by atoms with Crippen LogP contribution in [-0.2, 0) is 25.8 Å². The molecule has 2 amide bonds. The van der Waals surface area contributed by atoms with Gasteiger partial charge in [-0.2, -0.15) is 0 Å². The lowest BCUT2D eigenvalue weighted by Gasteiger charge is -2.22. The molecule has 1 aliphatic carbocycles. The molecule has 2 aliphatic rings. The quantitative estimate of drug-likeness (QED) is 0.734. The van der Waals surface area contributed by atoms with Crippen molar-refractivity contribution < 1.29 is 26.8 Å². The number of hydrogen-bond donors (Lipinski definition) is 1. The van der Waals surface area contributed by atoms with E-state index in [1.165, 1.54) is 6.07 Å². The number of benzene rings is 2. The summed E-state index contributed by atoms with van der Waals surface area (Å²) in [6.45, 7) is 1.94. The second-order valence-electron chi connectivity index (χ2n) is 8.07. The number of halogens is 2. The van der Waals surface area contributed by atoms with Gasteiger partial charge in [0, 0.05) is 30.1 Å². The van der Waals surface area contributed by atoms with Crippen LogP contribution in [0.2, 0.25) is 0 Å². The zero-order chi connectivity index (χ0) is 22.3. The van der Waals surface area contributed by atoms with Gasteiger partial charge in [-0.05, 0) is 62.1 Å². The topological polar surface area (TPSA) is 83.6 Å². The molecule has 0 aromatic heterocycles. The van der Waals surface area contributed by atoms with E-state index in [2.05, 4.69) is 5.32 Å². The average Bonchev–Trinajstić information content (AvgIpc) is 3.50. The number of carbonyl (C=O) groups is 2. The van der Waals surface area contributed by atoms with Gasteiger partial charge in [0.15, 0.2) is 9.84 Å². The summed E-state index contributed by atoms with van der Waals surface area (Å²) in [6, 6.07) is 7.36. The summed E-state index contributed by atoms with van der Waals surface area (Å²) in [7, 11) is -3.76. The zero-order valence-electron chi connectivity index (χ0n) is 16.9. The number of nitrogens with one attached hydrogen (secondary N) is 1. The van der Waals surface area contributed by atoms with Crippen molar-refractivity contribution in [2.24, 2.45) is 5.92 Å². The molecular formula is C22H22F2N2O4S. The third-order valence-electron chi connectivity index (χ3n) is 5.59. The zero-order valence-corrected chi connectivity index (χ0v) is 17.7. The Morgan fingerprint density at radius 1 is 1.13 bits per heavy atom. The summed E-state index contributed by atoms with van der Waals surface area (Å²) in [5, 5.41) is 2.25. The highest BCUT2D eigenvalue weighted by molar-refractivity contribution is 7.91. The molecule has 0 bridgehead atoms. The van der Waals surface area contributed by atoms with Gasteiger partial charge in [0.2, 0.25) is 11.8 Å². The van der Waals surface area contributed by atoms with Gasteiger partial charge in [0.1, 0.15) is 11.6 Å². The van der Waals surface area contributed by atoms with Gasteiger partial charge in [-0.3, -0.25) is 9.59 Å². The van der Waals surface area contributed by atoms with Crippen molar-refractivity contribution in [2.75, 3.05) is 16.0 Å². The maximum Gasteiger partial charge on any atom is 0.230 e. The van der Waals surface area contributed by atoms with Crippen molar-refractivity contribution in [1.82, 2.24) is 0 Å². The number of amides is 2. The predicted octanol–water partition coefficient (Wildman–Crippen LogP) is 3.45. The van der Waals surface area contributed by atoms with Gasteiger partial charge in [0.25, 0.3) is 0 Å². The molecule has 4 rings (SSSR count). The highest BCUT2D eigenvalue weighted by Gasteiger charge is 2.39. The van der Waals surface area contributed by atoms with E-state index in [0.717, 1.165) is 36.2 Å². The summed E-state index contributed by atoms with van der Waals surface area (Å²) in [4.78, 5) is 26.5. The normalized spacial score (nSPS) is 18.0. The summed E-state index contributed by atoms with van der Waals surface area (Å²) in [5.41, 5.74) is 1.32. The Kier molecular flexibility index (Phi) is 5.55. The van der Waals surface area contributed by atoms with Gasteiger partial charge < -0.3 is 10.2 Å². The number of rotatable bonds is 6. The predicted molar refractivity (Wildman–Crippen MR) is 111 cm³/mol. The molecule has 0 radical (unpaired) electrons. The number of hydrogen-bond acceptors (Lipinski definition) is 4. The minimum absolute atomic E-state index is 0.0302.